The molecule has 10 heteroatoms. The molecule has 1 aromatic heterocycles. The van der Waals surface area contributed by atoms with Gasteiger partial charge in [0.15, 0.2) is 0 Å². The number of imide groups is 2. The van der Waals surface area contributed by atoms with Crippen molar-refractivity contribution in [2.45, 2.75) is 13.5 Å². The zero-order valence-electron chi connectivity index (χ0n) is 20.8. The molecule has 0 bridgehead atoms. The molecule has 5 rings (SSSR count). The minimum absolute atomic E-state index is 0.0151. The van der Waals surface area contributed by atoms with Crippen LogP contribution in [-0.4, -0.2) is 34.9 Å². The van der Waals surface area contributed by atoms with Gasteiger partial charge >= 0.3 is 6.03 Å². The predicted octanol–water partition coefficient (Wildman–Crippen LogP) is 5.00. The Balaban J connectivity index is 1.48. The normalized spacial score (nSPS) is 14.6. The highest BCUT2D eigenvalue weighted by atomic mass is 35.5. The number of urea groups is 1. The minimum Gasteiger partial charge on any atom is -0.492 e. The molecule has 0 spiro atoms. The number of barbiturate groups is 1. The number of carbonyl (C=O) groups is 4. The molecule has 9 nitrogen and oxygen atoms in total. The van der Waals surface area contributed by atoms with Gasteiger partial charge in [0.05, 0.1) is 12.3 Å². The second-order valence-electron chi connectivity index (χ2n) is 8.64. The van der Waals surface area contributed by atoms with E-state index in [1.165, 1.54) is 6.08 Å². The molecule has 0 aliphatic carbocycles. The van der Waals surface area contributed by atoms with Crippen LogP contribution in [0, 0.1) is 0 Å². The number of halogens is 1. The minimum atomic E-state index is -0.865. The van der Waals surface area contributed by atoms with E-state index in [-0.39, 0.29) is 23.7 Å². The molecule has 1 saturated heterocycles. The molecular weight excluding hydrogens is 520 g/mol. The number of rotatable bonds is 7. The SMILES string of the molecule is CCOc1ccccc1N1C(=O)NC(=O)/C(=C\c2cn(CC(=O)Nc3ccc(Cl)cc3)c3ccccc23)C1=O. The molecule has 0 unspecified atom stereocenters. The van der Waals surface area contributed by atoms with Gasteiger partial charge in [-0.25, -0.2) is 9.69 Å². The van der Waals surface area contributed by atoms with Crippen molar-refractivity contribution < 1.29 is 23.9 Å². The van der Waals surface area contributed by atoms with E-state index in [4.69, 9.17) is 16.3 Å². The molecule has 0 atom stereocenters. The highest BCUT2D eigenvalue weighted by Gasteiger charge is 2.38. The first kappa shape index (κ1) is 25.7. The van der Waals surface area contributed by atoms with Crippen LogP contribution in [0.1, 0.15) is 12.5 Å². The van der Waals surface area contributed by atoms with Gasteiger partial charge in [0.2, 0.25) is 5.91 Å². The summed E-state index contributed by atoms with van der Waals surface area (Å²) in [6.07, 6.45) is 3.12. The third-order valence-corrected chi connectivity index (χ3v) is 6.32. The zero-order chi connectivity index (χ0) is 27.5. The van der Waals surface area contributed by atoms with Crippen molar-refractivity contribution >= 4 is 63.7 Å². The largest absolute Gasteiger partial charge is 0.492 e. The Morgan fingerprint density at radius 3 is 2.49 bits per heavy atom. The fourth-order valence-electron chi connectivity index (χ4n) is 4.36. The standard InChI is InChI=1S/C29H23ClN4O5/c1-2-39-25-10-6-5-9-24(25)34-28(37)22(27(36)32-29(34)38)15-18-16-33(23-8-4-3-7-21(18)23)17-26(35)31-20-13-11-19(30)12-14-20/h3-16H,2,17H2,1H3,(H,31,35)(H,32,36,38)/b22-15+. The number of hydrogen-bond acceptors (Lipinski definition) is 5. The predicted molar refractivity (Wildman–Crippen MR) is 149 cm³/mol. The maximum atomic E-state index is 13.5. The fraction of sp³-hybridized carbons (Fsp3) is 0.103. The molecule has 196 valence electrons. The smallest absolute Gasteiger partial charge is 0.336 e. The summed E-state index contributed by atoms with van der Waals surface area (Å²) >= 11 is 5.92. The Morgan fingerprint density at radius 2 is 1.72 bits per heavy atom. The van der Waals surface area contributed by atoms with Crippen LogP contribution in [0.15, 0.2) is 84.6 Å². The summed E-state index contributed by atoms with van der Waals surface area (Å²) in [6.45, 7) is 2.10. The summed E-state index contributed by atoms with van der Waals surface area (Å²) in [7, 11) is 0. The van der Waals surface area contributed by atoms with Crippen LogP contribution in [0.2, 0.25) is 5.02 Å². The number of fused-ring (bicyclic) bond motifs is 1. The van der Waals surface area contributed by atoms with Gasteiger partial charge in [-0.1, -0.05) is 41.9 Å². The molecule has 0 saturated carbocycles. The Morgan fingerprint density at radius 1 is 1.00 bits per heavy atom. The maximum Gasteiger partial charge on any atom is 0.336 e. The van der Waals surface area contributed by atoms with Crippen molar-refractivity contribution in [1.82, 2.24) is 9.88 Å². The summed E-state index contributed by atoms with van der Waals surface area (Å²) in [5.74, 6) is -1.53. The molecule has 3 aromatic carbocycles. The maximum absolute atomic E-state index is 13.5. The third-order valence-electron chi connectivity index (χ3n) is 6.07. The molecule has 1 aliphatic heterocycles. The quantitative estimate of drug-likeness (QED) is 0.252. The van der Waals surface area contributed by atoms with E-state index in [1.54, 1.807) is 66.2 Å². The first-order chi connectivity index (χ1) is 18.9. The van der Waals surface area contributed by atoms with Gasteiger partial charge in [-0.15, -0.1) is 0 Å². The van der Waals surface area contributed by atoms with E-state index >= 15 is 0 Å². The van der Waals surface area contributed by atoms with E-state index in [9.17, 15) is 19.2 Å². The highest BCUT2D eigenvalue weighted by molar-refractivity contribution is 6.39. The van der Waals surface area contributed by atoms with Crippen molar-refractivity contribution in [3.63, 3.8) is 0 Å². The van der Waals surface area contributed by atoms with Crippen molar-refractivity contribution in [2.24, 2.45) is 0 Å². The Kier molecular flexibility index (Phi) is 7.16. The molecule has 2 heterocycles. The summed E-state index contributed by atoms with van der Waals surface area (Å²) in [4.78, 5) is 52.7. The van der Waals surface area contributed by atoms with E-state index in [0.29, 0.717) is 28.6 Å². The van der Waals surface area contributed by atoms with Crippen LogP contribution < -0.4 is 20.3 Å². The van der Waals surface area contributed by atoms with Crippen LogP contribution in [0.4, 0.5) is 16.2 Å². The van der Waals surface area contributed by atoms with E-state index in [0.717, 1.165) is 15.8 Å². The molecule has 1 aliphatic rings. The lowest BCUT2D eigenvalue weighted by Crippen LogP contribution is -2.54. The second kappa shape index (κ2) is 10.8. The van der Waals surface area contributed by atoms with Gasteiger partial charge in [0.1, 0.15) is 17.9 Å². The number of benzene rings is 3. The van der Waals surface area contributed by atoms with Gasteiger partial charge in [0, 0.05) is 33.4 Å². The molecule has 4 aromatic rings. The lowest BCUT2D eigenvalue weighted by molar-refractivity contribution is -0.122. The molecular formula is C29H23ClN4O5. The number of amides is 5. The van der Waals surface area contributed by atoms with Crippen LogP contribution in [0.3, 0.4) is 0 Å². The van der Waals surface area contributed by atoms with Crippen molar-refractivity contribution in [2.75, 3.05) is 16.8 Å². The van der Waals surface area contributed by atoms with Gasteiger partial charge in [-0.2, -0.15) is 0 Å². The number of aromatic nitrogens is 1. The Labute approximate surface area is 228 Å². The van der Waals surface area contributed by atoms with Crippen LogP contribution in [-0.2, 0) is 20.9 Å². The van der Waals surface area contributed by atoms with Crippen molar-refractivity contribution in [3.05, 3.63) is 95.2 Å². The van der Waals surface area contributed by atoms with Gasteiger partial charge in [0.25, 0.3) is 11.8 Å². The van der Waals surface area contributed by atoms with Crippen molar-refractivity contribution in [3.8, 4) is 5.75 Å². The number of nitrogens with zero attached hydrogens (tertiary/aromatic N) is 2. The average molecular weight is 543 g/mol. The summed E-state index contributed by atoms with van der Waals surface area (Å²) < 4.78 is 7.32. The number of hydrogen-bond donors (Lipinski definition) is 2. The number of anilines is 2. The highest BCUT2D eigenvalue weighted by Crippen LogP contribution is 2.32. The van der Waals surface area contributed by atoms with E-state index in [1.807, 2.05) is 24.3 Å². The Hall–Kier alpha value is -4.89. The van der Waals surface area contributed by atoms with E-state index in [2.05, 4.69) is 10.6 Å². The molecule has 5 amide bonds. The summed E-state index contributed by atoms with van der Waals surface area (Å²) in [6, 6.07) is 19.8. The fourth-order valence-corrected chi connectivity index (χ4v) is 4.49. The second-order valence-corrected chi connectivity index (χ2v) is 9.08. The first-order valence-electron chi connectivity index (χ1n) is 12.1. The number of para-hydroxylation sites is 3. The van der Waals surface area contributed by atoms with Crippen LogP contribution >= 0.6 is 11.6 Å². The van der Waals surface area contributed by atoms with Gasteiger partial charge in [-0.05, 0) is 55.5 Å². The first-order valence-corrected chi connectivity index (χ1v) is 12.5. The average Bonchev–Trinajstić information content (AvgIpc) is 3.26. The van der Waals surface area contributed by atoms with Gasteiger partial charge in [-0.3, -0.25) is 19.7 Å². The summed E-state index contributed by atoms with van der Waals surface area (Å²) in [5.41, 5.74) is 1.87. The lowest BCUT2D eigenvalue weighted by atomic mass is 10.1. The summed E-state index contributed by atoms with van der Waals surface area (Å²) in [5, 5.41) is 6.35. The zero-order valence-corrected chi connectivity index (χ0v) is 21.6. The number of carbonyl (C=O) groups excluding carboxylic acids is 4. The topological polar surface area (TPSA) is 110 Å². The molecule has 1 fully saturated rings. The third kappa shape index (κ3) is 5.25. The molecule has 0 radical (unpaired) electrons. The van der Waals surface area contributed by atoms with Crippen LogP contribution in [0.5, 0.6) is 5.75 Å². The molecule has 39 heavy (non-hydrogen) atoms. The van der Waals surface area contributed by atoms with Crippen LogP contribution in [0.25, 0.3) is 17.0 Å². The number of ether oxygens (including phenoxy) is 1. The van der Waals surface area contributed by atoms with Gasteiger partial charge < -0.3 is 14.6 Å². The monoisotopic (exact) mass is 542 g/mol. The van der Waals surface area contributed by atoms with E-state index < -0.39 is 17.8 Å². The molecule has 2 N–H and O–H groups in total. The Bertz CT molecular complexity index is 1640. The van der Waals surface area contributed by atoms with Crippen molar-refractivity contribution in [1.29, 1.82) is 0 Å². The lowest BCUT2D eigenvalue weighted by Gasteiger charge is -2.27. The number of nitrogens with one attached hydrogen (secondary N) is 2.